The van der Waals surface area contributed by atoms with E-state index < -0.39 is 0 Å². The zero-order valence-electron chi connectivity index (χ0n) is 10.7. The van der Waals surface area contributed by atoms with Crippen molar-refractivity contribution in [1.29, 1.82) is 0 Å². The summed E-state index contributed by atoms with van der Waals surface area (Å²) < 4.78 is 0. The molecule has 2 N–H and O–H groups in total. The molecule has 1 heterocycles. The Bertz CT molecular complexity index is 452. The lowest BCUT2D eigenvalue weighted by molar-refractivity contribution is 0.821. The third-order valence-corrected chi connectivity index (χ3v) is 3.40. The van der Waals surface area contributed by atoms with E-state index in [-0.39, 0.29) is 0 Å². The molecule has 1 aromatic rings. The second-order valence-electron chi connectivity index (χ2n) is 4.62. The summed E-state index contributed by atoms with van der Waals surface area (Å²) in [7, 11) is 0. The van der Waals surface area contributed by atoms with E-state index in [9.17, 15) is 0 Å². The molecule has 0 unspecified atom stereocenters. The quantitative estimate of drug-likeness (QED) is 0.832. The average Bonchev–Trinajstić information content (AvgIpc) is 3.01. The maximum Gasteiger partial charge on any atom is 0.107 e. The number of nitrogens with zero attached hydrogens (tertiary/aromatic N) is 2. The van der Waals surface area contributed by atoms with Gasteiger partial charge in [0.25, 0.3) is 0 Å². The molecule has 2 rings (SSSR count). The van der Waals surface area contributed by atoms with Crippen molar-refractivity contribution >= 4 is 22.9 Å². The standard InChI is InChI=1S/C13H19N3S/c1-4-16(10-5-6-10)11-7-8(2)15-9(3)12(11)13(14)17/h7,10H,4-6H2,1-3H3,(H2,14,17). The van der Waals surface area contributed by atoms with Gasteiger partial charge in [-0.2, -0.15) is 0 Å². The van der Waals surface area contributed by atoms with Gasteiger partial charge in [0.05, 0.1) is 11.3 Å². The number of hydrogen-bond donors (Lipinski definition) is 1. The zero-order valence-corrected chi connectivity index (χ0v) is 11.5. The van der Waals surface area contributed by atoms with E-state index in [0.717, 1.165) is 29.2 Å². The van der Waals surface area contributed by atoms with Crippen molar-refractivity contribution in [3.63, 3.8) is 0 Å². The molecule has 3 nitrogen and oxygen atoms in total. The second kappa shape index (κ2) is 4.61. The van der Waals surface area contributed by atoms with Crippen LogP contribution in [0.15, 0.2) is 6.07 Å². The van der Waals surface area contributed by atoms with E-state index in [0.29, 0.717) is 11.0 Å². The van der Waals surface area contributed by atoms with Crippen LogP contribution in [0.25, 0.3) is 0 Å². The Hall–Kier alpha value is -1.16. The first-order chi connectivity index (χ1) is 8.04. The molecular formula is C13H19N3S. The first-order valence-electron chi connectivity index (χ1n) is 6.09. The van der Waals surface area contributed by atoms with Crippen LogP contribution in [0, 0.1) is 13.8 Å². The number of thiocarbonyl (C=S) groups is 1. The van der Waals surface area contributed by atoms with Gasteiger partial charge in [-0.05, 0) is 39.7 Å². The van der Waals surface area contributed by atoms with E-state index in [4.69, 9.17) is 18.0 Å². The van der Waals surface area contributed by atoms with E-state index >= 15 is 0 Å². The van der Waals surface area contributed by atoms with Crippen LogP contribution in [0.2, 0.25) is 0 Å². The molecule has 0 atom stereocenters. The van der Waals surface area contributed by atoms with E-state index in [1.165, 1.54) is 12.8 Å². The molecule has 0 spiro atoms. The van der Waals surface area contributed by atoms with Crippen LogP contribution >= 0.6 is 12.2 Å². The molecule has 0 bridgehead atoms. The third kappa shape index (κ3) is 2.41. The Kier molecular flexibility index (Phi) is 3.33. The molecule has 0 amide bonds. The fraction of sp³-hybridized carbons (Fsp3) is 0.538. The summed E-state index contributed by atoms with van der Waals surface area (Å²) >= 11 is 5.17. The van der Waals surface area contributed by atoms with Crippen molar-refractivity contribution in [3.8, 4) is 0 Å². The molecule has 0 aliphatic heterocycles. The van der Waals surface area contributed by atoms with E-state index in [1.807, 2.05) is 13.8 Å². The second-order valence-corrected chi connectivity index (χ2v) is 5.06. The van der Waals surface area contributed by atoms with Crippen LogP contribution in [0.1, 0.15) is 36.7 Å². The summed E-state index contributed by atoms with van der Waals surface area (Å²) in [5.41, 5.74) is 9.91. The van der Waals surface area contributed by atoms with Gasteiger partial charge >= 0.3 is 0 Å². The summed E-state index contributed by atoms with van der Waals surface area (Å²) in [6, 6.07) is 2.76. The van der Waals surface area contributed by atoms with Crippen molar-refractivity contribution in [1.82, 2.24) is 4.98 Å². The van der Waals surface area contributed by atoms with Gasteiger partial charge in [-0.1, -0.05) is 12.2 Å². The monoisotopic (exact) mass is 249 g/mol. The van der Waals surface area contributed by atoms with Gasteiger partial charge in [-0.3, -0.25) is 4.98 Å². The summed E-state index contributed by atoms with van der Waals surface area (Å²) in [6.07, 6.45) is 2.54. The highest BCUT2D eigenvalue weighted by Gasteiger charge is 2.30. The highest BCUT2D eigenvalue weighted by atomic mass is 32.1. The summed E-state index contributed by atoms with van der Waals surface area (Å²) in [6.45, 7) is 7.16. The third-order valence-electron chi connectivity index (χ3n) is 3.19. The zero-order chi connectivity index (χ0) is 12.6. The number of pyridine rings is 1. The number of hydrogen-bond acceptors (Lipinski definition) is 3. The normalized spacial score (nSPS) is 14.8. The minimum absolute atomic E-state index is 0.448. The molecule has 17 heavy (non-hydrogen) atoms. The van der Waals surface area contributed by atoms with Crippen molar-refractivity contribution in [2.24, 2.45) is 5.73 Å². The predicted octanol–water partition coefficient (Wildman–Crippen LogP) is 2.32. The molecular weight excluding hydrogens is 230 g/mol. The van der Waals surface area contributed by atoms with Gasteiger partial charge in [-0.25, -0.2) is 0 Å². The number of aromatic nitrogens is 1. The van der Waals surface area contributed by atoms with Gasteiger partial charge in [0, 0.05) is 24.0 Å². The Morgan fingerprint density at radius 1 is 1.53 bits per heavy atom. The first kappa shape index (κ1) is 12.3. The van der Waals surface area contributed by atoms with Gasteiger partial charge in [0.1, 0.15) is 4.99 Å². The number of aryl methyl sites for hydroxylation is 2. The Balaban J connectivity index is 2.52. The summed E-state index contributed by atoms with van der Waals surface area (Å²) in [4.78, 5) is 7.30. The highest BCUT2D eigenvalue weighted by molar-refractivity contribution is 7.80. The topological polar surface area (TPSA) is 42.2 Å². The lowest BCUT2D eigenvalue weighted by Gasteiger charge is -2.26. The molecule has 1 saturated carbocycles. The van der Waals surface area contributed by atoms with Crippen molar-refractivity contribution in [2.45, 2.75) is 39.7 Å². The van der Waals surface area contributed by atoms with Crippen LogP contribution in [-0.4, -0.2) is 22.6 Å². The van der Waals surface area contributed by atoms with E-state index in [1.54, 1.807) is 0 Å². The highest BCUT2D eigenvalue weighted by Crippen LogP contribution is 2.34. The first-order valence-corrected chi connectivity index (χ1v) is 6.50. The lowest BCUT2D eigenvalue weighted by Crippen LogP contribution is -2.29. The smallest absolute Gasteiger partial charge is 0.107 e. The van der Waals surface area contributed by atoms with Crippen LogP contribution in [0.5, 0.6) is 0 Å². The van der Waals surface area contributed by atoms with Gasteiger partial charge < -0.3 is 10.6 Å². The van der Waals surface area contributed by atoms with Crippen LogP contribution in [0.4, 0.5) is 5.69 Å². The fourth-order valence-electron chi connectivity index (χ4n) is 2.35. The molecule has 4 heteroatoms. The van der Waals surface area contributed by atoms with Crippen LogP contribution in [-0.2, 0) is 0 Å². The van der Waals surface area contributed by atoms with Crippen LogP contribution < -0.4 is 10.6 Å². The predicted molar refractivity (Wildman–Crippen MR) is 75.6 cm³/mol. The molecule has 0 radical (unpaired) electrons. The summed E-state index contributed by atoms with van der Waals surface area (Å²) in [5.74, 6) is 0. The molecule has 92 valence electrons. The molecule has 0 saturated heterocycles. The van der Waals surface area contributed by atoms with Crippen molar-refractivity contribution in [2.75, 3.05) is 11.4 Å². The largest absolute Gasteiger partial charge is 0.389 e. The Labute approximate surface area is 108 Å². The van der Waals surface area contributed by atoms with Crippen LogP contribution in [0.3, 0.4) is 0 Å². The molecule has 1 fully saturated rings. The number of anilines is 1. The molecule has 1 aliphatic rings. The lowest BCUT2D eigenvalue weighted by atomic mass is 10.1. The van der Waals surface area contributed by atoms with Gasteiger partial charge in [0.2, 0.25) is 0 Å². The maximum atomic E-state index is 5.84. The number of nitrogens with two attached hydrogens (primary N) is 1. The fourth-order valence-corrected chi connectivity index (χ4v) is 2.60. The SMILES string of the molecule is CCN(c1cc(C)nc(C)c1C(N)=S)C1CC1. The Morgan fingerprint density at radius 2 is 2.18 bits per heavy atom. The van der Waals surface area contributed by atoms with Crippen molar-refractivity contribution in [3.05, 3.63) is 23.0 Å². The van der Waals surface area contributed by atoms with Gasteiger partial charge in [-0.15, -0.1) is 0 Å². The summed E-state index contributed by atoms with van der Waals surface area (Å²) in [5, 5.41) is 0. The average molecular weight is 249 g/mol. The van der Waals surface area contributed by atoms with Crippen molar-refractivity contribution < 1.29 is 0 Å². The number of rotatable bonds is 4. The van der Waals surface area contributed by atoms with E-state index in [2.05, 4.69) is 22.9 Å². The minimum atomic E-state index is 0.448. The molecule has 1 aromatic heterocycles. The minimum Gasteiger partial charge on any atom is -0.389 e. The Morgan fingerprint density at radius 3 is 2.65 bits per heavy atom. The molecule has 0 aromatic carbocycles. The van der Waals surface area contributed by atoms with Gasteiger partial charge in [0.15, 0.2) is 0 Å². The molecule has 1 aliphatic carbocycles. The maximum absolute atomic E-state index is 5.84.